The molecular weight excluding hydrogens is 514 g/mol. The molecule has 0 unspecified atom stereocenters. The summed E-state index contributed by atoms with van der Waals surface area (Å²) in [5.41, 5.74) is 5.59. The van der Waals surface area contributed by atoms with Gasteiger partial charge >= 0.3 is 0 Å². The number of hydrogen-bond donors (Lipinski definition) is 2. The van der Waals surface area contributed by atoms with Gasteiger partial charge in [0.1, 0.15) is 0 Å². The zero-order valence-corrected chi connectivity index (χ0v) is 25.7. The summed E-state index contributed by atoms with van der Waals surface area (Å²) in [5.74, 6) is 6.50. The van der Waals surface area contributed by atoms with Gasteiger partial charge in [-0.25, -0.2) is 0 Å². The van der Waals surface area contributed by atoms with E-state index >= 15 is 0 Å². The van der Waals surface area contributed by atoms with Gasteiger partial charge in [-0.2, -0.15) is 0 Å². The van der Waals surface area contributed by atoms with E-state index in [0.717, 1.165) is 73.8 Å². The predicted molar refractivity (Wildman–Crippen MR) is 166 cm³/mol. The molecule has 2 heterocycles. The van der Waals surface area contributed by atoms with E-state index in [1.807, 2.05) is 32.9 Å². The second-order valence-electron chi connectivity index (χ2n) is 11.7. The molecule has 1 aliphatic heterocycles. The van der Waals surface area contributed by atoms with Crippen LogP contribution in [0.25, 0.3) is 0 Å². The Labute approximate surface area is 245 Å². The molecule has 1 aliphatic carbocycles. The number of morpholine rings is 1. The third-order valence-corrected chi connectivity index (χ3v) is 8.67. The van der Waals surface area contributed by atoms with Gasteiger partial charge in [0.2, 0.25) is 0 Å². The molecule has 1 saturated carbocycles. The Morgan fingerprint density at radius 1 is 1.07 bits per heavy atom. The van der Waals surface area contributed by atoms with E-state index in [1.54, 1.807) is 0 Å². The van der Waals surface area contributed by atoms with Gasteiger partial charge in [-0.05, 0) is 96.8 Å². The van der Waals surface area contributed by atoms with Gasteiger partial charge in [0, 0.05) is 66.3 Å². The number of aromatic nitrogens is 1. The average molecular weight is 562 g/mol. The third-order valence-electron chi connectivity index (χ3n) is 8.67. The topological polar surface area (TPSA) is 80.9 Å². The van der Waals surface area contributed by atoms with E-state index in [2.05, 4.69) is 63.9 Å². The molecule has 2 aliphatic rings. The minimum Gasteiger partial charge on any atom is -0.379 e. The Morgan fingerprint density at radius 2 is 1.76 bits per heavy atom. The van der Waals surface area contributed by atoms with Crippen LogP contribution in [0.15, 0.2) is 23.0 Å². The number of amides is 1. The maximum absolute atomic E-state index is 13.6. The molecule has 1 amide bonds. The first-order chi connectivity index (χ1) is 19.7. The molecule has 1 aromatic carbocycles. The number of H-pyrrole nitrogens is 1. The van der Waals surface area contributed by atoms with Crippen molar-refractivity contribution in [3.63, 3.8) is 0 Å². The fraction of sp³-hybridized carbons (Fsp3) is 0.576. The van der Waals surface area contributed by atoms with Crippen molar-refractivity contribution in [3.05, 3.63) is 62.1 Å². The van der Waals surface area contributed by atoms with Crippen LogP contribution in [0, 0.1) is 32.6 Å². The van der Waals surface area contributed by atoms with Crippen LogP contribution in [0.5, 0.6) is 0 Å². The summed E-state index contributed by atoms with van der Waals surface area (Å²) in [4.78, 5) is 36.1. The van der Waals surface area contributed by atoms with Crippen molar-refractivity contribution >= 4 is 11.6 Å². The molecule has 2 fully saturated rings. The third kappa shape index (κ3) is 7.79. The largest absolute Gasteiger partial charge is 0.379 e. The smallest absolute Gasteiger partial charge is 0.253 e. The van der Waals surface area contributed by atoms with Crippen LogP contribution in [0.4, 0.5) is 5.69 Å². The molecule has 0 bridgehead atoms. The molecular formula is C33H47N5O3. The zero-order valence-electron chi connectivity index (χ0n) is 25.7. The van der Waals surface area contributed by atoms with Crippen LogP contribution < -0.4 is 15.8 Å². The molecule has 1 aromatic heterocycles. The fourth-order valence-electron chi connectivity index (χ4n) is 6.19. The Hall–Kier alpha value is -3.12. The molecule has 8 nitrogen and oxygen atoms in total. The van der Waals surface area contributed by atoms with E-state index in [1.165, 1.54) is 12.8 Å². The summed E-state index contributed by atoms with van der Waals surface area (Å²) in [6.07, 6.45) is 4.59. The number of carbonyl (C=O) groups excluding carboxylic acids is 1. The Bertz CT molecular complexity index is 1320. The number of carbonyl (C=O) groups is 1. The van der Waals surface area contributed by atoms with Gasteiger partial charge in [0.25, 0.3) is 11.5 Å². The average Bonchev–Trinajstić information content (AvgIpc) is 2.95. The van der Waals surface area contributed by atoms with E-state index in [0.29, 0.717) is 29.8 Å². The normalized spacial score (nSPS) is 19.5. The first-order valence-corrected chi connectivity index (χ1v) is 15.0. The van der Waals surface area contributed by atoms with Crippen LogP contribution in [-0.2, 0) is 11.3 Å². The van der Waals surface area contributed by atoms with Crippen molar-refractivity contribution < 1.29 is 9.53 Å². The molecule has 0 radical (unpaired) electrons. The predicted octanol–water partition coefficient (Wildman–Crippen LogP) is 3.61. The minimum atomic E-state index is -0.188. The number of benzene rings is 1. The van der Waals surface area contributed by atoms with E-state index in [9.17, 15) is 9.59 Å². The highest BCUT2D eigenvalue weighted by Crippen LogP contribution is 2.33. The van der Waals surface area contributed by atoms with Crippen molar-refractivity contribution in [2.75, 3.05) is 58.4 Å². The van der Waals surface area contributed by atoms with Gasteiger partial charge in [-0.1, -0.05) is 11.8 Å². The number of ether oxygens (including phenoxy) is 1. The van der Waals surface area contributed by atoms with Crippen LogP contribution in [-0.4, -0.2) is 86.3 Å². The molecule has 222 valence electrons. The standard InChI is InChI=1S/C33H47N5O3/c1-7-38(28-12-10-27(11-13-28)36(5)6)31-21-26(9-8-14-37-15-17-41-18-16-37)20-29(25(31)4)32(39)34-22-30-23(2)19-24(3)35-33(30)40/h19-21,27-28H,7,10-18,22H2,1-6H3,(H,34,39)(H,35,40). The molecule has 0 atom stereocenters. The number of rotatable bonds is 8. The summed E-state index contributed by atoms with van der Waals surface area (Å²) in [6, 6.07) is 7.05. The SMILES string of the molecule is CCN(c1cc(C#CCN2CCOCC2)cc(C(=O)NCc2c(C)cc(C)[nH]c2=O)c1C)C1CCC(N(C)C)CC1. The number of nitrogens with one attached hydrogen (secondary N) is 2. The lowest BCUT2D eigenvalue weighted by Gasteiger charge is -2.40. The number of anilines is 1. The highest BCUT2D eigenvalue weighted by atomic mass is 16.5. The highest BCUT2D eigenvalue weighted by Gasteiger charge is 2.28. The summed E-state index contributed by atoms with van der Waals surface area (Å²) < 4.78 is 5.46. The first-order valence-electron chi connectivity index (χ1n) is 15.0. The maximum atomic E-state index is 13.6. The van der Waals surface area contributed by atoms with E-state index < -0.39 is 0 Å². The number of aromatic amines is 1. The molecule has 0 spiro atoms. The number of aryl methyl sites for hydroxylation is 2. The van der Waals surface area contributed by atoms with Gasteiger partial charge in [0.15, 0.2) is 0 Å². The lowest BCUT2D eigenvalue weighted by molar-refractivity contribution is 0.0443. The van der Waals surface area contributed by atoms with Crippen molar-refractivity contribution in [1.82, 2.24) is 20.1 Å². The lowest BCUT2D eigenvalue weighted by atomic mass is 9.88. The molecule has 2 N–H and O–H groups in total. The van der Waals surface area contributed by atoms with Crippen LogP contribution in [0.1, 0.15) is 70.9 Å². The highest BCUT2D eigenvalue weighted by molar-refractivity contribution is 5.97. The number of nitrogens with zero attached hydrogens (tertiary/aromatic N) is 3. The molecule has 4 rings (SSSR count). The summed E-state index contributed by atoms with van der Waals surface area (Å²) in [7, 11) is 4.34. The summed E-state index contributed by atoms with van der Waals surface area (Å²) >= 11 is 0. The zero-order chi connectivity index (χ0) is 29.5. The van der Waals surface area contributed by atoms with E-state index in [4.69, 9.17) is 4.74 Å². The fourth-order valence-corrected chi connectivity index (χ4v) is 6.19. The summed E-state index contributed by atoms with van der Waals surface area (Å²) in [5, 5.41) is 3.02. The second kappa shape index (κ2) is 14.2. The summed E-state index contributed by atoms with van der Waals surface area (Å²) in [6.45, 7) is 13.0. The molecule has 2 aromatic rings. The quantitative estimate of drug-likeness (QED) is 0.480. The van der Waals surface area contributed by atoms with Gasteiger partial charge in [-0.15, -0.1) is 0 Å². The Balaban J connectivity index is 1.62. The van der Waals surface area contributed by atoms with Gasteiger partial charge in [0.05, 0.1) is 19.8 Å². The number of pyridine rings is 1. The molecule has 41 heavy (non-hydrogen) atoms. The van der Waals surface area contributed by atoms with Crippen molar-refractivity contribution in [1.29, 1.82) is 0 Å². The molecule has 1 saturated heterocycles. The van der Waals surface area contributed by atoms with Crippen molar-refractivity contribution in [2.45, 2.75) is 72.0 Å². The number of hydrogen-bond acceptors (Lipinski definition) is 6. The van der Waals surface area contributed by atoms with Crippen LogP contribution in [0.3, 0.4) is 0 Å². The minimum absolute atomic E-state index is 0.159. The van der Waals surface area contributed by atoms with E-state index in [-0.39, 0.29) is 18.0 Å². The van der Waals surface area contributed by atoms with Crippen LogP contribution in [0.2, 0.25) is 0 Å². The first kappa shape index (κ1) is 30.8. The monoisotopic (exact) mass is 561 g/mol. The van der Waals surface area contributed by atoms with Gasteiger partial charge < -0.3 is 24.8 Å². The Morgan fingerprint density at radius 3 is 2.39 bits per heavy atom. The molecule has 8 heteroatoms. The Kier molecular flexibility index (Phi) is 10.7. The van der Waals surface area contributed by atoms with Gasteiger partial charge in [-0.3, -0.25) is 14.5 Å². The van der Waals surface area contributed by atoms with Crippen molar-refractivity contribution in [2.24, 2.45) is 0 Å². The second-order valence-corrected chi connectivity index (χ2v) is 11.7. The van der Waals surface area contributed by atoms with Crippen LogP contribution >= 0.6 is 0 Å². The maximum Gasteiger partial charge on any atom is 0.253 e. The van der Waals surface area contributed by atoms with Crippen molar-refractivity contribution in [3.8, 4) is 11.8 Å². The lowest BCUT2D eigenvalue weighted by Crippen LogP contribution is -2.42.